The molecular weight excluding hydrogens is 304 g/mol. The summed E-state index contributed by atoms with van der Waals surface area (Å²) in [4.78, 5) is 13.4. The number of carbonyl (C=O) groups excluding carboxylic acids is 1. The van der Waals surface area contributed by atoms with E-state index >= 15 is 0 Å². The molecule has 0 radical (unpaired) electrons. The van der Waals surface area contributed by atoms with Crippen LogP contribution in [0.4, 0.5) is 13.6 Å². The lowest BCUT2D eigenvalue weighted by Gasteiger charge is -2.22. The minimum Gasteiger partial charge on any atom is -0.504 e. The molecule has 2 aliphatic rings. The van der Waals surface area contributed by atoms with Crippen LogP contribution in [0.15, 0.2) is 42.2 Å². The quantitative estimate of drug-likeness (QED) is 0.798. The standard InChI is InChI=1S/C17H19F2NO3/c1-22-9-13-7-14-15(8-13)20(11-17(14,18)19)16(21)23-10-12-5-3-2-4-6-12/h2-6,9,14-15H,7-8,10-11H2,1H3/t14-,15+/m1/s1. The number of fused-ring (bicyclic) bond motifs is 1. The average molecular weight is 323 g/mol. The summed E-state index contributed by atoms with van der Waals surface area (Å²) < 4.78 is 38.5. The van der Waals surface area contributed by atoms with E-state index in [1.165, 1.54) is 18.3 Å². The first kappa shape index (κ1) is 15.8. The first-order chi connectivity index (χ1) is 11.0. The molecule has 1 saturated carbocycles. The van der Waals surface area contributed by atoms with Crippen LogP contribution in [0.3, 0.4) is 0 Å². The van der Waals surface area contributed by atoms with Gasteiger partial charge in [0.2, 0.25) is 0 Å². The van der Waals surface area contributed by atoms with Gasteiger partial charge in [0.25, 0.3) is 5.92 Å². The average Bonchev–Trinajstić information content (AvgIpc) is 3.05. The Bertz CT molecular complexity index is 603. The lowest BCUT2D eigenvalue weighted by Crippen LogP contribution is -2.36. The van der Waals surface area contributed by atoms with Crippen LogP contribution in [-0.2, 0) is 16.1 Å². The summed E-state index contributed by atoms with van der Waals surface area (Å²) in [6.45, 7) is -0.490. The summed E-state index contributed by atoms with van der Waals surface area (Å²) in [5.41, 5.74) is 1.64. The highest BCUT2D eigenvalue weighted by Gasteiger charge is 2.59. The molecule has 0 bridgehead atoms. The van der Waals surface area contributed by atoms with Crippen molar-refractivity contribution in [2.24, 2.45) is 5.92 Å². The minimum absolute atomic E-state index is 0.0832. The van der Waals surface area contributed by atoms with Gasteiger partial charge in [-0.25, -0.2) is 13.6 Å². The maximum atomic E-state index is 14.2. The molecule has 2 atom stereocenters. The Hall–Kier alpha value is -2.11. The smallest absolute Gasteiger partial charge is 0.410 e. The van der Waals surface area contributed by atoms with Crippen LogP contribution in [-0.4, -0.2) is 36.6 Å². The fraction of sp³-hybridized carbons (Fsp3) is 0.471. The molecule has 23 heavy (non-hydrogen) atoms. The molecule has 0 aromatic heterocycles. The van der Waals surface area contributed by atoms with Gasteiger partial charge in [0.15, 0.2) is 0 Å². The summed E-state index contributed by atoms with van der Waals surface area (Å²) >= 11 is 0. The summed E-state index contributed by atoms with van der Waals surface area (Å²) in [5, 5.41) is 0. The Morgan fingerprint density at radius 1 is 1.35 bits per heavy atom. The Kier molecular flexibility index (Phi) is 4.24. The number of methoxy groups -OCH3 is 1. The highest BCUT2D eigenvalue weighted by Crippen LogP contribution is 2.49. The Morgan fingerprint density at radius 2 is 2.09 bits per heavy atom. The van der Waals surface area contributed by atoms with Crippen molar-refractivity contribution in [2.75, 3.05) is 13.7 Å². The van der Waals surface area contributed by atoms with Gasteiger partial charge in [-0.05, 0) is 24.0 Å². The number of halogens is 2. The molecule has 0 N–H and O–H groups in total. The zero-order valence-electron chi connectivity index (χ0n) is 12.9. The Balaban J connectivity index is 1.67. The molecule has 3 rings (SSSR count). The van der Waals surface area contributed by atoms with Crippen molar-refractivity contribution in [1.29, 1.82) is 0 Å². The molecule has 1 aliphatic heterocycles. The second kappa shape index (κ2) is 6.18. The summed E-state index contributed by atoms with van der Waals surface area (Å²) in [6.07, 6.45) is 1.49. The van der Waals surface area contributed by atoms with E-state index in [9.17, 15) is 13.6 Å². The van der Waals surface area contributed by atoms with Gasteiger partial charge < -0.3 is 9.47 Å². The SMILES string of the molecule is COC=C1C[C@@H]2[C@H](C1)N(C(=O)OCc1ccccc1)CC2(F)F. The molecule has 2 fully saturated rings. The molecule has 1 heterocycles. The van der Waals surface area contributed by atoms with Crippen LogP contribution in [0.25, 0.3) is 0 Å². The van der Waals surface area contributed by atoms with Crippen molar-refractivity contribution in [3.63, 3.8) is 0 Å². The van der Waals surface area contributed by atoms with E-state index in [0.717, 1.165) is 11.1 Å². The van der Waals surface area contributed by atoms with Crippen molar-refractivity contribution in [2.45, 2.75) is 31.4 Å². The minimum atomic E-state index is -2.89. The number of rotatable bonds is 3. The van der Waals surface area contributed by atoms with Crippen molar-refractivity contribution in [3.05, 3.63) is 47.7 Å². The summed E-state index contributed by atoms with van der Waals surface area (Å²) in [7, 11) is 1.49. The molecule has 1 saturated heterocycles. The fourth-order valence-corrected chi connectivity index (χ4v) is 3.40. The number of ether oxygens (including phenoxy) is 2. The van der Waals surface area contributed by atoms with Gasteiger partial charge >= 0.3 is 6.09 Å². The van der Waals surface area contributed by atoms with Crippen LogP contribution in [0.5, 0.6) is 0 Å². The third-order valence-corrected chi connectivity index (χ3v) is 4.47. The molecule has 0 spiro atoms. The molecule has 1 amide bonds. The largest absolute Gasteiger partial charge is 0.504 e. The molecule has 4 nitrogen and oxygen atoms in total. The van der Waals surface area contributed by atoms with E-state index in [2.05, 4.69) is 0 Å². The number of alkyl halides is 2. The highest BCUT2D eigenvalue weighted by atomic mass is 19.3. The predicted octanol–water partition coefficient (Wildman–Crippen LogP) is 3.58. The second-order valence-electron chi connectivity index (χ2n) is 6.02. The summed E-state index contributed by atoms with van der Waals surface area (Å²) in [6, 6.07) is 8.66. The van der Waals surface area contributed by atoms with E-state index in [-0.39, 0.29) is 13.0 Å². The zero-order valence-corrected chi connectivity index (χ0v) is 12.9. The van der Waals surface area contributed by atoms with E-state index in [1.54, 1.807) is 0 Å². The monoisotopic (exact) mass is 323 g/mol. The lowest BCUT2D eigenvalue weighted by atomic mass is 10.0. The van der Waals surface area contributed by atoms with Crippen LogP contribution < -0.4 is 0 Å². The van der Waals surface area contributed by atoms with E-state index < -0.39 is 30.5 Å². The van der Waals surface area contributed by atoms with Crippen molar-refractivity contribution >= 4 is 6.09 Å². The summed E-state index contributed by atoms with van der Waals surface area (Å²) in [5.74, 6) is -3.74. The number of hydrogen-bond acceptors (Lipinski definition) is 3. The third kappa shape index (κ3) is 3.16. The number of nitrogens with zero attached hydrogens (tertiary/aromatic N) is 1. The van der Waals surface area contributed by atoms with Crippen LogP contribution in [0, 0.1) is 5.92 Å². The van der Waals surface area contributed by atoms with E-state index in [4.69, 9.17) is 9.47 Å². The number of benzene rings is 1. The number of likely N-dealkylation sites (tertiary alicyclic amines) is 1. The maximum absolute atomic E-state index is 14.2. The van der Waals surface area contributed by atoms with Gasteiger partial charge in [0, 0.05) is 12.0 Å². The highest BCUT2D eigenvalue weighted by molar-refractivity contribution is 5.69. The van der Waals surface area contributed by atoms with Crippen LogP contribution >= 0.6 is 0 Å². The lowest BCUT2D eigenvalue weighted by molar-refractivity contribution is -0.0266. The zero-order chi connectivity index (χ0) is 16.4. The van der Waals surface area contributed by atoms with Crippen molar-refractivity contribution < 1.29 is 23.0 Å². The van der Waals surface area contributed by atoms with Crippen LogP contribution in [0.1, 0.15) is 18.4 Å². The molecule has 1 aromatic carbocycles. The Morgan fingerprint density at radius 3 is 2.78 bits per heavy atom. The van der Waals surface area contributed by atoms with E-state index in [1.807, 2.05) is 30.3 Å². The number of amides is 1. The first-order valence-electron chi connectivity index (χ1n) is 7.57. The van der Waals surface area contributed by atoms with Gasteiger partial charge in [-0.2, -0.15) is 0 Å². The van der Waals surface area contributed by atoms with Gasteiger partial charge in [-0.3, -0.25) is 4.90 Å². The normalized spacial score (nSPS) is 27.1. The predicted molar refractivity (Wildman–Crippen MR) is 79.9 cm³/mol. The third-order valence-electron chi connectivity index (χ3n) is 4.47. The topological polar surface area (TPSA) is 38.8 Å². The van der Waals surface area contributed by atoms with Gasteiger partial charge in [-0.1, -0.05) is 30.3 Å². The number of hydrogen-bond donors (Lipinski definition) is 0. The Labute approximate surface area is 133 Å². The molecule has 6 heteroatoms. The molecule has 124 valence electrons. The van der Waals surface area contributed by atoms with Gasteiger partial charge in [0.05, 0.1) is 19.9 Å². The maximum Gasteiger partial charge on any atom is 0.410 e. The van der Waals surface area contributed by atoms with Gasteiger partial charge in [0.1, 0.15) is 6.61 Å². The van der Waals surface area contributed by atoms with E-state index in [0.29, 0.717) is 6.42 Å². The van der Waals surface area contributed by atoms with Crippen molar-refractivity contribution in [1.82, 2.24) is 4.90 Å². The molecular formula is C17H19F2NO3. The fourth-order valence-electron chi connectivity index (χ4n) is 3.40. The first-order valence-corrected chi connectivity index (χ1v) is 7.57. The molecule has 1 aromatic rings. The van der Waals surface area contributed by atoms with Crippen LogP contribution in [0.2, 0.25) is 0 Å². The number of carbonyl (C=O) groups is 1. The van der Waals surface area contributed by atoms with Gasteiger partial charge in [-0.15, -0.1) is 0 Å². The molecule has 0 unspecified atom stereocenters. The van der Waals surface area contributed by atoms with Crippen molar-refractivity contribution in [3.8, 4) is 0 Å². The molecule has 1 aliphatic carbocycles. The second-order valence-corrected chi connectivity index (χ2v) is 6.02.